The number of nitrogens with one attached hydrogen (secondary N) is 1. The first-order valence-electron chi connectivity index (χ1n) is 6.51. The molecule has 0 spiro atoms. The Balaban J connectivity index is 2.15. The van der Waals surface area contributed by atoms with Gasteiger partial charge in [-0.05, 0) is 54.1 Å². The lowest BCUT2D eigenvalue weighted by Gasteiger charge is -2.22. The Bertz CT molecular complexity index is 550. The maximum Gasteiger partial charge on any atom is 0.252 e. The molecule has 1 heterocycles. The molecule has 0 aliphatic carbocycles. The van der Waals surface area contributed by atoms with E-state index in [2.05, 4.69) is 27.9 Å². The number of likely N-dealkylation sites (tertiary alicyclic amines) is 1. The van der Waals surface area contributed by atoms with Crippen LogP contribution in [0.15, 0.2) is 18.2 Å². The van der Waals surface area contributed by atoms with Gasteiger partial charge in [-0.3, -0.25) is 14.5 Å². The van der Waals surface area contributed by atoms with Crippen LogP contribution < -0.4 is 5.32 Å². The zero-order chi connectivity index (χ0) is 14.9. The summed E-state index contributed by atoms with van der Waals surface area (Å²) in [5, 5.41) is 3.80. The largest absolute Gasteiger partial charge is 0.372 e. The Labute approximate surface area is 137 Å². The van der Waals surface area contributed by atoms with Crippen molar-refractivity contribution in [2.75, 3.05) is 5.32 Å². The van der Waals surface area contributed by atoms with Gasteiger partial charge in [0, 0.05) is 20.3 Å². The first-order chi connectivity index (χ1) is 9.43. The van der Waals surface area contributed by atoms with Crippen LogP contribution in [0.2, 0.25) is 5.02 Å². The van der Waals surface area contributed by atoms with Gasteiger partial charge in [-0.1, -0.05) is 18.5 Å². The monoisotopic (exact) mass is 406 g/mol. The Morgan fingerprint density at radius 2 is 2.20 bits per heavy atom. The zero-order valence-electron chi connectivity index (χ0n) is 11.3. The van der Waals surface area contributed by atoms with Crippen LogP contribution in [0.5, 0.6) is 0 Å². The van der Waals surface area contributed by atoms with Gasteiger partial charge >= 0.3 is 0 Å². The number of hydrogen-bond donors (Lipinski definition) is 1. The normalized spacial score (nSPS) is 20.4. The van der Waals surface area contributed by atoms with E-state index in [9.17, 15) is 9.59 Å². The first kappa shape index (κ1) is 15.6. The minimum absolute atomic E-state index is 0.0499. The molecule has 1 aliphatic heterocycles. The third kappa shape index (κ3) is 3.09. The maximum atomic E-state index is 12.3. The first-order valence-corrected chi connectivity index (χ1v) is 7.97. The number of nitrogens with zero attached hydrogens (tertiary/aromatic N) is 1. The molecular weight excluding hydrogens is 391 g/mol. The van der Waals surface area contributed by atoms with Crippen LogP contribution in [0.3, 0.4) is 0 Å². The zero-order valence-corrected chi connectivity index (χ0v) is 14.2. The fraction of sp³-hybridized carbons (Fsp3) is 0.429. The van der Waals surface area contributed by atoms with Crippen LogP contribution in [-0.2, 0) is 9.59 Å². The standard InChI is InChI=1S/C14H16ClIN2O2/c1-3-8(2)18-13(19)7-12(14(18)20)17-11-5-4-9(15)6-10(11)16/h4-6,8,12,17H,3,7H2,1-2H3. The van der Waals surface area contributed by atoms with Crippen molar-refractivity contribution in [1.29, 1.82) is 0 Å². The van der Waals surface area contributed by atoms with E-state index in [4.69, 9.17) is 11.6 Å². The predicted molar refractivity (Wildman–Crippen MR) is 87.8 cm³/mol. The van der Waals surface area contributed by atoms with E-state index in [1.807, 2.05) is 26.0 Å². The smallest absolute Gasteiger partial charge is 0.252 e. The molecule has 2 rings (SSSR count). The lowest BCUT2D eigenvalue weighted by atomic mass is 10.2. The summed E-state index contributed by atoms with van der Waals surface area (Å²) in [6, 6.07) is 4.88. The molecule has 2 atom stereocenters. The second kappa shape index (κ2) is 6.30. The van der Waals surface area contributed by atoms with Gasteiger partial charge in [-0.15, -0.1) is 0 Å². The topological polar surface area (TPSA) is 49.4 Å². The second-order valence-electron chi connectivity index (χ2n) is 4.88. The van der Waals surface area contributed by atoms with E-state index in [1.54, 1.807) is 6.07 Å². The molecule has 0 saturated carbocycles. The summed E-state index contributed by atoms with van der Waals surface area (Å²) < 4.78 is 0.928. The number of carbonyl (C=O) groups excluding carboxylic acids is 2. The van der Waals surface area contributed by atoms with Gasteiger partial charge in [0.1, 0.15) is 6.04 Å². The molecule has 4 nitrogen and oxygen atoms in total. The minimum Gasteiger partial charge on any atom is -0.372 e. The van der Waals surface area contributed by atoms with Gasteiger partial charge in [0.25, 0.3) is 5.91 Å². The van der Waals surface area contributed by atoms with Crippen molar-refractivity contribution >= 4 is 51.7 Å². The summed E-state index contributed by atoms with van der Waals surface area (Å²) in [5.74, 6) is -0.249. The number of amides is 2. The second-order valence-corrected chi connectivity index (χ2v) is 6.48. The van der Waals surface area contributed by atoms with Gasteiger partial charge in [0.15, 0.2) is 0 Å². The Morgan fingerprint density at radius 1 is 1.50 bits per heavy atom. The maximum absolute atomic E-state index is 12.3. The van der Waals surface area contributed by atoms with Crippen LogP contribution in [0, 0.1) is 3.57 Å². The Morgan fingerprint density at radius 3 is 2.80 bits per heavy atom. The number of hydrogen-bond acceptors (Lipinski definition) is 3. The summed E-state index contributed by atoms with van der Waals surface area (Å²) in [5.41, 5.74) is 0.826. The van der Waals surface area contributed by atoms with Crippen LogP contribution in [0.1, 0.15) is 26.7 Å². The molecule has 1 saturated heterocycles. The van der Waals surface area contributed by atoms with Crippen molar-refractivity contribution in [3.05, 3.63) is 26.8 Å². The number of anilines is 1. The van der Waals surface area contributed by atoms with Crippen LogP contribution in [0.4, 0.5) is 5.69 Å². The third-order valence-corrected chi connectivity index (χ3v) is 4.60. The highest BCUT2D eigenvalue weighted by atomic mass is 127. The van der Waals surface area contributed by atoms with Gasteiger partial charge in [-0.25, -0.2) is 0 Å². The van der Waals surface area contributed by atoms with E-state index < -0.39 is 6.04 Å². The van der Waals surface area contributed by atoms with Crippen molar-refractivity contribution in [2.24, 2.45) is 0 Å². The fourth-order valence-electron chi connectivity index (χ4n) is 2.20. The molecule has 1 aliphatic rings. The highest BCUT2D eigenvalue weighted by Gasteiger charge is 2.40. The molecule has 0 aromatic heterocycles. The highest BCUT2D eigenvalue weighted by Crippen LogP contribution is 2.26. The van der Waals surface area contributed by atoms with Gasteiger partial charge in [0.2, 0.25) is 5.91 Å². The van der Waals surface area contributed by atoms with Crippen LogP contribution in [-0.4, -0.2) is 28.8 Å². The molecule has 1 N–H and O–H groups in total. The quantitative estimate of drug-likeness (QED) is 0.617. The molecule has 20 heavy (non-hydrogen) atoms. The summed E-state index contributed by atoms with van der Waals surface area (Å²) in [6.45, 7) is 3.86. The Hall–Kier alpha value is -0.820. The summed E-state index contributed by atoms with van der Waals surface area (Å²) in [7, 11) is 0. The third-order valence-electron chi connectivity index (χ3n) is 3.48. The van der Waals surface area contributed by atoms with Gasteiger partial charge in [-0.2, -0.15) is 0 Å². The van der Waals surface area contributed by atoms with Crippen LogP contribution >= 0.6 is 34.2 Å². The number of benzene rings is 1. The number of imide groups is 1. The molecule has 1 fully saturated rings. The van der Waals surface area contributed by atoms with Crippen molar-refractivity contribution in [1.82, 2.24) is 4.90 Å². The summed E-state index contributed by atoms with van der Waals surface area (Å²) in [4.78, 5) is 25.7. The minimum atomic E-state index is -0.480. The molecule has 0 radical (unpaired) electrons. The molecule has 0 bridgehead atoms. The number of rotatable bonds is 4. The van der Waals surface area contributed by atoms with Crippen molar-refractivity contribution in [3.63, 3.8) is 0 Å². The molecule has 1 aromatic carbocycles. The van der Waals surface area contributed by atoms with E-state index in [0.717, 1.165) is 15.7 Å². The van der Waals surface area contributed by atoms with Crippen molar-refractivity contribution < 1.29 is 9.59 Å². The molecule has 108 valence electrons. The van der Waals surface area contributed by atoms with E-state index >= 15 is 0 Å². The van der Waals surface area contributed by atoms with Crippen molar-refractivity contribution in [2.45, 2.75) is 38.8 Å². The molecule has 1 aromatic rings. The number of halogens is 2. The van der Waals surface area contributed by atoms with Gasteiger partial charge < -0.3 is 5.32 Å². The Kier molecular flexibility index (Phi) is 4.90. The lowest BCUT2D eigenvalue weighted by molar-refractivity contribution is -0.140. The van der Waals surface area contributed by atoms with E-state index in [-0.39, 0.29) is 24.3 Å². The molecule has 6 heteroatoms. The fourth-order valence-corrected chi connectivity index (χ4v) is 3.23. The predicted octanol–water partition coefficient (Wildman–Crippen LogP) is 3.28. The molecule has 2 unspecified atom stereocenters. The summed E-state index contributed by atoms with van der Waals surface area (Å²) in [6.07, 6.45) is 0.977. The lowest BCUT2D eigenvalue weighted by Crippen LogP contribution is -2.40. The van der Waals surface area contributed by atoms with E-state index in [1.165, 1.54) is 4.90 Å². The van der Waals surface area contributed by atoms with Gasteiger partial charge in [0.05, 0.1) is 6.42 Å². The van der Waals surface area contributed by atoms with Crippen LogP contribution in [0.25, 0.3) is 0 Å². The average Bonchev–Trinajstić information content (AvgIpc) is 2.67. The van der Waals surface area contributed by atoms with Crippen molar-refractivity contribution in [3.8, 4) is 0 Å². The average molecular weight is 407 g/mol. The SMILES string of the molecule is CCC(C)N1C(=O)CC(Nc2ccc(Cl)cc2I)C1=O. The summed E-state index contributed by atoms with van der Waals surface area (Å²) >= 11 is 8.06. The molecule has 2 amide bonds. The highest BCUT2D eigenvalue weighted by molar-refractivity contribution is 14.1. The van der Waals surface area contributed by atoms with E-state index in [0.29, 0.717) is 5.02 Å². The molecular formula is C14H16ClIN2O2. The number of carbonyl (C=O) groups is 2.